The number of anilines is 1. The van der Waals surface area contributed by atoms with Crippen LogP contribution in [-0.4, -0.2) is 22.2 Å². The van der Waals surface area contributed by atoms with Gasteiger partial charge in [0, 0.05) is 0 Å². The third kappa shape index (κ3) is 3.21. The number of carbonyl (C=O) groups is 3. The Kier molecular flexibility index (Phi) is 4.46. The van der Waals surface area contributed by atoms with Gasteiger partial charge in [0.2, 0.25) is 0 Å². The highest BCUT2D eigenvalue weighted by molar-refractivity contribution is 8.19. The molecule has 0 aliphatic carbocycles. The van der Waals surface area contributed by atoms with Gasteiger partial charge in [0.05, 0.1) is 16.2 Å². The molecule has 3 rings (SSSR count). The van der Waals surface area contributed by atoms with Crippen LogP contribution in [0.15, 0.2) is 47.4 Å². The van der Waals surface area contributed by atoms with E-state index in [2.05, 4.69) is 0 Å². The van der Waals surface area contributed by atoms with Gasteiger partial charge in [-0.1, -0.05) is 35.9 Å². The van der Waals surface area contributed by atoms with Crippen molar-refractivity contribution in [2.24, 2.45) is 0 Å². The fourth-order valence-electron chi connectivity index (χ4n) is 2.69. The molecule has 0 spiro atoms. The number of hydrogen-bond donors (Lipinski definition) is 1. The third-order valence-electron chi connectivity index (χ3n) is 3.86. The normalized spacial score (nSPS) is 15.9. The second kappa shape index (κ2) is 6.57. The first kappa shape index (κ1) is 17.0. The summed E-state index contributed by atoms with van der Waals surface area (Å²) in [5.41, 5.74) is 2.89. The van der Waals surface area contributed by atoms with E-state index in [1.54, 1.807) is 24.3 Å². The first-order valence-electron chi connectivity index (χ1n) is 7.56. The van der Waals surface area contributed by atoms with E-state index in [1.807, 2.05) is 26.0 Å². The zero-order valence-electron chi connectivity index (χ0n) is 13.6. The van der Waals surface area contributed by atoms with Crippen LogP contribution < -0.4 is 4.90 Å². The molecule has 1 aliphatic heterocycles. The average Bonchev–Trinajstić information content (AvgIpc) is 2.82. The maximum absolute atomic E-state index is 12.7. The van der Waals surface area contributed by atoms with Crippen molar-refractivity contribution in [3.05, 3.63) is 69.6 Å². The Balaban J connectivity index is 2.01. The molecule has 1 N–H and O–H groups in total. The van der Waals surface area contributed by atoms with Crippen molar-refractivity contribution in [3.63, 3.8) is 0 Å². The van der Waals surface area contributed by atoms with Gasteiger partial charge in [-0.3, -0.25) is 9.59 Å². The molecule has 1 heterocycles. The maximum Gasteiger partial charge on any atom is 0.336 e. The minimum absolute atomic E-state index is 0.0841. The molecule has 0 saturated carbocycles. The molecular formula is C19H15NO4S. The Morgan fingerprint density at radius 1 is 1.12 bits per heavy atom. The van der Waals surface area contributed by atoms with E-state index in [-0.39, 0.29) is 10.5 Å². The molecule has 2 aromatic carbocycles. The predicted molar refractivity (Wildman–Crippen MR) is 97.8 cm³/mol. The van der Waals surface area contributed by atoms with E-state index in [4.69, 9.17) is 0 Å². The van der Waals surface area contributed by atoms with E-state index < -0.39 is 17.1 Å². The molecule has 1 aliphatic rings. The molecule has 1 fully saturated rings. The number of hydrogen-bond acceptors (Lipinski definition) is 4. The summed E-state index contributed by atoms with van der Waals surface area (Å²) in [6, 6.07) is 11.9. The Morgan fingerprint density at radius 2 is 1.84 bits per heavy atom. The molecule has 1 saturated heterocycles. The number of aromatic carboxylic acids is 1. The first-order chi connectivity index (χ1) is 11.9. The van der Waals surface area contributed by atoms with Crippen LogP contribution in [0.25, 0.3) is 6.08 Å². The smallest absolute Gasteiger partial charge is 0.336 e. The van der Waals surface area contributed by atoms with Crippen LogP contribution in [0.5, 0.6) is 0 Å². The molecular weight excluding hydrogens is 338 g/mol. The molecule has 2 amide bonds. The number of amides is 2. The van der Waals surface area contributed by atoms with Crippen LogP contribution in [0.2, 0.25) is 0 Å². The van der Waals surface area contributed by atoms with Crippen LogP contribution in [0.3, 0.4) is 0 Å². The topological polar surface area (TPSA) is 74.7 Å². The third-order valence-corrected chi connectivity index (χ3v) is 4.73. The number of rotatable bonds is 3. The molecule has 25 heavy (non-hydrogen) atoms. The summed E-state index contributed by atoms with van der Waals surface area (Å²) in [5.74, 6) is -1.53. The zero-order chi connectivity index (χ0) is 18.1. The van der Waals surface area contributed by atoms with E-state index in [0.29, 0.717) is 11.3 Å². The highest BCUT2D eigenvalue weighted by Gasteiger charge is 2.37. The number of aryl methyl sites for hydroxylation is 2. The lowest BCUT2D eigenvalue weighted by Crippen LogP contribution is -2.28. The number of carboxylic acids is 1. The molecule has 0 atom stereocenters. The fraction of sp³-hybridized carbons (Fsp3) is 0.105. The highest BCUT2D eigenvalue weighted by Crippen LogP contribution is 2.37. The van der Waals surface area contributed by atoms with Crippen LogP contribution in [-0.2, 0) is 4.79 Å². The molecule has 2 aromatic rings. The minimum Gasteiger partial charge on any atom is -0.478 e. The van der Waals surface area contributed by atoms with E-state index in [9.17, 15) is 19.5 Å². The second-order valence-electron chi connectivity index (χ2n) is 5.70. The van der Waals surface area contributed by atoms with Crippen LogP contribution in [0.4, 0.5) is 10.5 Å². The Labute approximate surface area is 149 Å². The number of benzene rings is 2. The summed E-state index contributed by atoms with van der Waals surface area (Å²) in [5, 5.41) is 8.86. The van der Waals surface area contributed by atoms with Gasteiger partial charge in [0.1, 0.15) is 0 Å². The largest absolute Gasteiger partial charge is 0.478 e. The molecule has 126 valence electrons. The van der Waals surface area contributed by atoms with Crippen molar-refractivity contribution in [1.82, 2.24) is 0 Å². The van der Waals surface area contributed by atoms with Crippen LogP contribution in [0.1, 0.15) is 27.0 Å². The quantitative estimate of drug-likeness (QED) is 0.835. The predicted octanol–water partition coefficient (Wildman–Crippen LogP) is 4.24. The molecule has 0 radical (unpaired) electrons. The van der Waals surface area contributed by atoms with Gasteiger partial charge < -0.3 is 5.11 Å². The lowest BCUT2D eigenvalue weighted by molar-refractivity contribution is -0.113. The highest BCUT2D eigenvalue weighted by atomic mass is 32.2. The number of carbonyl (C=O) groups excluding carboxylic acids is 2. The summed E-state index contributed by atoms with van der Waals surface area (Å²) >= 11 is 0.810. The minimum atomic E-state index is -1.08. The van der Waals surface area contributed by atoms with Gasteiger partial charge in [-0.15, -0.1) is 0 Å². The lowest BCUT2D eigenvalue weighted by Gasteiger charge is -2.15. The summed E-state index contributed by atoms with van der Waals surface area (Å²) in [7, 11) is 0. The SMILES string of the molecule is Cc1ccc(N2C(=O)S/C(=C/c3ccccc3C(=O)O)C2=O)c(C)c1. The summed E-state index contributed by atoms with van der Waals surface area (Å²) in [6.45, 7) is 3.78. The summed E-state index contributed by atoms with van der Waals surface area (Å²) in [6.07, 6.45) is 1.46. The van der Waals surface area contributed by atoms with Gasteiger partial charge in [-0.25, -0.2) is 9.69 Å². The van der Waals surface area contributed by atoms with Gasteiger partial charge in [0.25, 0.3) is 11.1 Å². The zero-order valence-corrected chi connectivity index (χ0v) is 14.5. The average molecular weight is 353 g/mol. The fourth-order valence-corrected chi connectivity index (χ4v) is 3.52. The van der Waals surface area contributed by atoms with E-state index >= 15 is 0 Å². The number of nitrogens with zero attached hydrogens (tertiary/aromatic N) is 1. The Hall–Kier alpha value is -2.86. The van der Waals surface area contributed by atoms with Gasteiger partial charge in [-0.2, -0.15) is 0 Å². The number of carboxylic acid groups (broad SMARTS) is 1. The molecule has 0 aromatic heterocycles. The van der Waals surface area contributed by atoms with Crippen molar-refractivity contribution in [3.8, 4) is 0 Å². The van der Waals surface area contributed by atoms with Crippen molar-refractivity contribution >= 4 is 40.6 Å². The molecule has 0 bridgehead atoms. The summed E-state index contributed by atoms with van der Waals surface area (Å²) < 4.78 is 0. The molecule has 6 heteroatoms. The Morgan fingerprint density at radius 3 is 2.52 bits per heavy atom. The standard InChI is InChI=1S/C19H15NO4S/c1-11-7-8-15(12(2)9-11)20-17(21)16(25-19(20)24)10-13-5-3-4-6-14(13)18(22)23/h3-10H,1-2H3,(H,22,23)/b16-10+. The Bertz CT molecular complexity index is 933. The lowest BCUT2D eigenvalue weighted by atomic mass is 10.1. The molecule has 5 nitrogen and oxygen atoms in total. The van der Waals surface area contributed by atoms with Crippen LogP contribution in [0, 0.1) is 13.8 Å². The van der Waals surface area contributed by atoms with Crippen molar-refractivity contribution in [1.29, 1.82) is 0 Å². The second-order valence-corrected chi connectivity index (χ2v) is 6.69. The first-order valence-corrected chi connectivity index (χ1v) is 8.37. The van der Waals surface area contributed by atoms with Gasteiger partial charge >= 0.3 is 5.97 Å². The number of imide groups is 1. The monoisotopic (exact) mass is 353 g/mol. The molecule has 0 unspecified atom stereocenters. The number of thioether (sulfide) groups is 1. The van der Waals surface area contributed by atoms with Gasteiger partial charge in [-0.05, 0) is 54.9 Å². The van der Waals surface area contributed by atoms with Crippen molar-refractivity contribution in [2.75, 3.05) is 4.90 Å². The van der Waals surface area contributed by atoms with E-state index in [1.165, 1.54) is 12.1 Å². The van der Waals surface area contributed by atoms with Crippen molar-refractivity contribution < 1.29 is 19.5 Å². The van der Waals surface area contributed by atoms with E-state index in [0.717, 1.165) is 27.8 Å². The summed E-state index contributed by atoms with van der Waals surface area (Å²) in [4.78, 5) is 37.7. The maximum atomic E-state index is 12.7. The van der Waals surface area contributed by atoms with Crippen molar-refractivity contribution in [2.45, 2.75) is 13.8 Å². The van der Waals surface area contributed by atoms with Gasteiger partial charge in [0.15, 0.2) is 0 Å². The van der Waals surface area contributed by atoms with Crippen LogP contribution >= 0.6 is 11.8 Å².